The molecule has 3 aromatic rings. The SMILES string of the molecule is N#Cc1c(Oc2ccccc2)ccc2ccccc12. The van der Waals surface area contributed by atoms with E-state index in [9.17, 15) is 5.26 Å². The summed E-state index contributed by atoms with van der Waals surface area (Å²) in [6, 6.07) is 23.3. The molecule has 0 heterocycles. The average molecular weight is 245 g/mol. The minimum absolute atomic E-state index is 0.571. The zero-order chi connectivity index (χ0) is 13.1. The number of benzene rings is 3. The van der Waals surface area contributed by atoms with E-state index in [0.29, 0.717) is 11.3 Å². The van der Waals surface area contributed by atoms with Crippen LogP contribution in [0.2, 0.25) is 0 Å². The van der Waals surface area contributed by atoms with E-state index in [1.165, 1.54) is 0 Å². The van der Waals surface area contributed by atoms with Gasteiger partial charge in [-0.15, -0.1) is 0 Å². The Morgan fingerprint density at radius 2 is 1.53 bits per heavy atom. The van der Waals surface area contributed by atoms with Crippen molar-refractivity contribution in [2.45, 2.75) is 0 Å². The minimum Gasteiger partial charge on any atom is -0.456 e. The zero-order valence-corrected chi connectivity index (χ0v) is 10.2. The normalized spacial score (nSPS) is 10.1. The van der Waals surface area contributed by atoms with E-state index in [4.69, 9.17) is 4.74 Å². The standard InChI is InChI=1S/C17H11NO/c18-12-16-15-9-5-4-6-13(15)10-11-17(16)19-14-7-2-1-3-8-14/h1-11H. The molecule has 0 aliphatic heterocycles. The smallest absolute Gasteiger partial charge is 0.145 e. The first-order valence-corrected chi connectivity index (χ1v) is 6.03. The molecular weight excluding hydrogens is 234 g/mol. The molecule has 0 aliphatic rings. The Morgan fingerprint density at radius 1 is 0.789 bits per heavy atom. The Kier molecular flexibility index (Phi) is 2.88. The van der Waals surface area contributed by atoms with Crippen LogP contribution >= 0.6 is 0 Å². The van der Waals surface area contributed by atoms with Crippen LogP contribution in [0.25, 0.3) is 10.8 Å². The summed E-state index contributed by atoms with van der Waals surface area (Å²) in [4.78, 5) is 0. The summed E-state index contributed by atoms with van der Waals surface area (Å²) in [5.74, 6) is 1.32. The van der Waals surface area contributed by atoms with Gasteiger partial charge in [-0.1, -0.05) is 48.5 Å². The van der Waals surface area contributed by atoms with Gasteiger partial charge in [0.05, 0.1) is 0 Å². The fourth-order valence-corrected chi connectivity index (χ4v) is 2.07. The van der Waals surface area contributed by atoms with Crippen molar-refractivity contribution in [3.05, 3.63) is 72.3 Å². The van der Waals surface area contributed by atoms with Gasteiger partial charge in [-0.2, -0.15) is 5.26 Å². The lowest BCUT2D eigenvalue weighted by atomic mass is 10.0. The number of rotatable bonds is 2. The van der Waals surface area contributed by atoms with Gasteiger partial charge in [-0.05, 0) is 23.6 Å². The van der Waals surface area contributed by atoms with E-state index in [1.54, 1.807) is 0 Å². The molecule has 0 N–H and O–H groups in total. The molecule has 2 heteroatoms. The second kappa shape index (κ2) is 4.83. The Balaban J connectivity index is 2.12. The van der Waals surface area contributed by atoms with Crippen molar-refractivity contribution in [2.75, 3.05) is 0 Å². The van der Waals surface area contributed by atoms with Gasteiger partial charge in [0.25, 0.3) is 0 Å². The molecule has 19 heavy (non-hydrogen) atoms. The Hall–Kier alpha value is -2.79. The number of fused-ring (bicyclic) bond motifs is 1. The zero-order valence-electron chi connectivity index (χ0n) is 10.2. The molecule has 2 nitrogen and oxygen atoms in total. The molecular formula is C17H11NO. The summed E-state index contributed by atoms with van der Waals surface area (Å²) < 4.78 is 5.79. The van der Waals surface area contributed by atoms with Crippen LogP contribution in [-0.4, -0.2) is 0 Å². The van der Waals surface area contributed by atoms with E-state index in [2.05, 4.69) is 6.07 Å². The highest BCUT2D eigenvalue weighted by atomic mass is 16.5. The summed E-state index contributed by atoms with van der Waals surface area (Å²) in [5, 5.41) is 11.3. The first-order chi connectivity index (χ1) is 9.38. The van der Waals surface area contributed by atoms with Gasteiger partial charge in [-0.3, -0.25) is 0 Å². The molecule has 0 aromatic heterocycles. The summed E-state index contributed by atoms with van der Waals surface area (Å²) >= 11 is 0. The first kappa shape index (κ1) is 11.3. The van der Waals surface area contributed by atoms with Gasteiger partial charge >= 0.3 is 0 Å². The molecule has 0 aliphatic carbocycles. The van der Waals surface area contributed by atoms with Gasteiger partial charge in [0.15, 0.2) is 0 Å². The van der Waals surface area contributed by atoms with Crippen LogP contribution in [0.5, 0.6) is 11.5 Å². The summed E-state index contributed by atoms with van der Waals surface area (Å²) in [6.07, 6.45) is 0. The van der Waals surface area contributed by atoms with Gasteiger partial charge in [0.1, 0.15) is 23.1 Å². The Labute approximate surface area is 111 Å². The summed E-state index contributed by atoms with van der Waals surface area (Å²) in [6.45, 7) is 0. The predicted molar refractivity (Wildman–Crippen MR) is 75.2 cm³/mol. The largest absolute Gasteiger partial charge is 0.456 e. The van der Waals surface area contributed by atoms with Crippen molar-refractivity contribution in [1.82, 2.24) is 0 Å². The maximum atomic E-state index is 9.36. The molecule has 0 unspecified atom stereocenters. The van der Waals surface area contributed by atoms with E-state index in [-0.39, 0.29) is 0 Å². The van der Waals surface area contributed by atoms with Crippen molar-refractivity contribution in [1.29, 1.82) is 5.26 Å². The average Bonchev–Trinajstić information content (AvgIpc) is 2.48. The molecule has 3 rings (SSSR count). The van der Waals surface area contributed by atoms with Crippen LogP contribution in [0.4, 0.5) is 0 Å². The Morgan fingerprint density at radius 3 is 2.32 bits per heavy atom. The van der Waals surface area contributed by atoms with Crippen LogP contribution in [0.3, 0.4) is 0 Å². The van der Waals surface area contributed by atoms with Crippen molar-refractivity contribution >= 4 is 10.8 Å². The molecule has 0 amide bonds. The molecule has 90 valence electrons. The molecule has 0 bridgehead atoms. The highest BCUT2D eigenvalue weighted by Crippen LogP contribution is 2.30. The lowest BCUT2D eigenvalue weighted by Gasteiger charge is -2.09. The number of hydrogen-bond acceptors (Lipinski definition) is 2. The van der Waals surface area contributed by atoms with Crippen LogP contribution in [-0.2, 0) is 0 Å². The monoisotopic (exact) mass is 245 g/mol. The second-order valence-corrected chi connectivity index (χ2v) is 4.19. The fraction of sp³-hybridized carbons (Fsp3) is 0. The van der Waals surface area contributed by atoms with E-state index < -0.39 is 0 Å². The highest BCUT2D eigenvalue weighted by Gasteiger charge is 2.08. The van der Waals surface area contributed by atoms with E-state index >= 15 is 0 Å². The van der Waals surface area contributed by atoms with Crippen molar-refractivity contribution in [3.63, 3.8) is 0 Å². The Bertz CT molecular complexity index is 757. The van der Waals surface area contributed by atoms with E-state index in [0.717, 1.165) is 16.5 Å². The quantitative estimate of drug-likeness (QED) is 0.665. The molecule has 0 saturated heterocycles. The fourth-order valence-electron chi connectivity index (χ4n) is 2.07. The second-order valence-electron chi connectivity index (χ2n) is 4.19. The van der Waals surface area contributed by atoms with Gasteiger partial charge < -0.3 is 4.74 Å². The number of nitriles is 1. The number of hydrogen-bond donors (Lipinski definition) is 0. The topological polar surface area (TPSA) is 33.0 Å². The van der Waals surface area contributed by atoms with Crippen LogP contribution < -0.4 is 4.74 Å². The molecule has 3 aromatic carbocycles. The molecule has 0 fully saturated rings. The first-order valence-electron chi connectivity index (χ1n) is 6.03. The number of nitrogens with zero attached hydrogens (tertiary/aromatic N) is 1. The van der Waals surface area contributed by atoms with Gasteiger partial charge in [-0.25, -0.2) is 0 Å². The van der Waals surface area contributed by atoms with Gasteiger partial charge in [0.2, 0.25) is 0 Å². The van der Waals surface area contributed by atoms with Crippen LogP contribution in [0, 0.1) is 11.3 Å². The number of ether oxygens (including phenoxy) is 1. The van der Waals surface area contributed by atoms with Crippen molar-refractivity contribution < 1.29 is 4.74 Å². The predicted octanol–water partition coefficient (Wildman–Crippen LogP) is 4.50. The third-order valence-electron chi connectivity index (χ3n) is 2.97. The minimum atomic E-state index is 0.571. The lowest BCUT2D eigenvalue weighted by molar-refractivity contribution is 0.482. The maximum Gasteiger partial charge on any atom is 0.145 e. The lowest BCUT2D eigenvalue weighted by Crippen LogP contribution is -1.89. The van der Waals surface area contributed by atoms with Crippen molar-refractivity contribution in [3.8, 4) is 17.6 Å². The highest BCUT2D eigenvalue weighted by molar-refractivity contribution is 5.90. The number of para-hydroxylation sites is 1. The third kappa shape index (κ3) is 2.14. The maximum absolute atomic E-state index is 9.36. The van der Waals surface area contributed by atoms with E-state index in [1.807, 2.05) is 66.7 Å². The summed E-state index contributed by atoms with van der Waals surface area (Å²) in [5.41, 5.74) is 0.571. The molecule has 0 spiro atoms. The van der Waals surface area contributed by atoms with Crippen molar-refractivity contribution in [2.24, 2.45) is 0 Å². The van der Waals surface area contributed by atoms with Gasteiger partial charge in [0, 0.05) is 5.39 Å². The molecule has 0 atom stereocenters. The van der Waals surface area contributed by atoms with Crippen LogP contribution in [0.1, 0.15) is 5.56 Å². The third-order valence-corrected chi connectivity index (χ3v) is 2.97. The summed E-state index contributed by atoms with van der Waals surface area (Å²) in [7, 11) is 0. The van der Waals surface area contributed by atoms with Crippen LogP contribution in [0.15, 0.2) is 66.7 Å². The molecule has 0 saturated carbocycles. The molecule has 0 radical (unpaired) electrons.